The highest BCUT2D eigenvalue weighted by atomic mass is 32.2. The molecule has 1 N–H and O–H groups in total. The van der Waals surface area contributed by atoms with Crippen molar-refractivity contribution >= 4 is 34.6 Å². The van der Waals surface area contributed by atoms with Crippen LogP contribution < -0.4 is 15.0 Å². The first-order chi connectivity index (χ1) is 21.1. The molecule has 1 atom stereocenters. The molecule has 0 spiro atoms. The highest BCUT2D eigenvalue weighted by molar-refractivity contribution is 8.15. The molecule has 3 amide bonds. The number of hydrogen-bond donors (Lipinski definition) is 1. The zero-order valence-electron chi connectivity index (χ0n) is 23.8. The molecular formula is C31H27F3N6O3S. The smallest absolute Gasteiger partial charge is 0.406 e. The van der Waals surface area contributed by atoms with Crippen LogP contribution in [0.1, 0.15) is 29.2 Å². The van der Waals surface area contributed by atoms with Crippen LogP contribution in [0, 0.1) is 6.92 Å². The van der Waals surface area contributed by atoms with Gasteiger partial charge in [0.1, 0.15) is 12.1 Å². The van der Waals surface area contributed by atoms with Gasteiger partial charge in [-0.25, -0.2) is 14.5 Å². The van der Waals surface area contributed by atoms with Gasteiger partial charge in [-0.05, 0) is 84.8 Å². The van der Waals surface area contributed by atoms with E-state index in [9.17, 15) is 22.8 Å². The summed E-state index contributed by atoms with van der Waals surface area (Å²) in [4.78, 5) is 36.0. The van der Waals surface area contributed by atoms with Crippen molar-refractivity contribution in [2.75, 3.05) is 10.7 Å². The van der Waals surface area contributed by atoms with Gasteiger partial charge in [0, 0.05) is 11.6 Å². The van der Waals surface area contributed by atoms with E-state index in [2.05, 4.69) is 25.1 Å². The number of nitrogens with one attached hydrogen (secondary N) is 1. The molecule has 0 bridgehead atoms. The minimum absolute atomic E-state index is 0.105. The summed E-state index contributed by atoms with van der Waals surface area (Å²) in [5.74, 6) is 0.250. The summed E-state index contributed by atoms with van der Waals surface area (Å²) in [5, 5.41) is 7.84. The van der Waals surface area contributed by atoms with Crippen LogP contribution in [-0.2, 0) is 24.1 Å². The first-order valence-corrected chi connectivity index (χ1v) is 14.9. The number of hydrogen-bond acceptors (Lipinski definition) is 6. The Morgan fingerprint density at radius 3 is 2.61 bits per heavy atom. The molecule has 226 valence electrons. The van der Waals surface area contributed by atoms with Crippen LogP contribution in [0.25, 0.3) is 17.1 Å². The topological polar surface area (TPSA) is 102 Å². The number of amides is 3. The van der Waals surface area contributed by atoms with E-state index in [0.29, 0.717) is 29.5 Å². The number of amidine groups is 1. The van der Waals surface area contributed by atoms with Crippen molar-refractivity contribution in [2.24, 2.45) is 4.99 Å². The van der Waals surface area contributed by atoms with E-state index in [-0.39, 0.29) is 23.5 Å². The Morgan fingerprint density at radius 2 is 1.86 bits per heavy atom. The molecule has 1 aliphatic carbocycles. The van der Waals surface area contributed by atoms with E-state index in [1.54, 1.807) is 4.90 Å². The summed E-state index contributed by atoms with van der Waals surface area (Å²) in [7, 11) is 0. The number of aliphatic imine (C=N–C) groups is 1. The van der Waals surface area contributed by atoms with E-state index in [0.717, 1.165) is 39.9 Å². The molecule has 3 aromatic carbocycles. The van der Waals surface area contributed by atoms with Gasteiger partial charge in [-0.1, -0.05) is 43.0 Å². The zero-order chi connectivity index (χ0) is 31.0. The number of benzene rings is 3. The molecule has 1 saturated heterocycles. The van der Waals surface area contributed by atoms with E-state index < -0.39 is 12.4 Å². The third-order valence-corrected chi connectivity index (χ3v) is 8.30. The van der Waals surface area contributed by atoms with Crippen LogP contribution in [0.15, 0.2) is 72.0 Å². The van der Waals surface area contributed by atoms with Crippen molar-refractivity contribution in [1.82, 2.24) is 20.1 Å². The number of anilines is 1. The minimum Gasteiger partial charge on any atom is -0.406 e. The fourth-order valence-corrected chi connectivity index (χ4v) is 6.19. The van der Waals surface area contributed by atoms with Crippen LogP contribution in [0.4, 0.5) is 23.7 Å². The molecule has 0 saturated carbocycles. The number of ether oxygens (including phenoxy) is 1. The van der Waals surface area contributed by atoms with E-state index >= 15 is 0 Å². The number of urea groups is 1. The maximum absolute atomic E-state index is 13.0. The lowest BCUT2D eigenvalue weighted by Crippen LogP contribution is -2.36. The molecule has 1 fully saturated rings. The average Bonchev–Trinajstić information content (AvgIpc) is 3.70. The van der Waals surface area contributed by atoms with Gasteiger partial charge in [-0.15, -0.1) is 18.3 Å². The third-order valence-electron chi connectivity index (χ3n) is 7.38. The minimum atomic E-state index is -4.76. The van der Waals surface area contributed by atoms with Crippen molar-refractivity contribution in [3.63, 3.8) is 0 Å². The molecule has 2 heterocycles. The normalized spacial score (nSPS) is 17.3. The van der Waals surface area contributed by atoms with Gasteiger partial charge < -0.3 is 10.1 Å². The largest absolute Gasteiger partial charge is 0.573 e. The van der Waals surface area contributed by atoms with Crippen molar-refractivity contribution in [3.8, 4) is 22.8 Å². The molecule has 44 heavy (non-hydrogen) atoms. The molecule has 2 aliphatic rings. The Labute approximate surface area is 255 Å². The van der Waals surface area contributed by atoms with Crippen molar-refractivity contribution in [3.05, 3.63) is 89.2 Å². The van der Waals surface area contributed by atoms with Crippen molar-refractivity contribution in [2.45, 2.75) is 45.5 Å². The quantitative estimate of drug-likeness (QED) is 0.283. The van der Waals surface area contributed by atoms with E-state index in [4.69, 9.17) is 0 Å². The lowest BCUT2D eigenvalue weighted by atomic mass is 10.1. The zero-order valence-corrected chi connectivity index (χ0v) is 24.6. The lowest BCUT2D eigenvalue weighted by Gasteiger charge is -2.20. The van der Waals surface area contributed by atoms with Gasteiger partial charge >= 0.3 is 12.4 Å². The van der Waals surface area contributed by atoms with Crippen LogP contribution >= 0.6 is 11.8 Å². The fraction of sp³-hybridized carbons (Fsp3) is 0.258. The number of thioether (sulfide) groups is 1. The summed E-state index contributed by atoms with van der Waals surface area (Å²) < 4.78 is 42.7. The Bertz CT molecular complexity index is 1770. The fourth-order valence-electron chi connectivity index (χ4n) is 5.34. The van der Waals surface area contributed by atoms with Crippen LogP contribution in [0.2, 0.25) is 0 Å². The second-order valence-electron chi connectivity index (χ2n) is 10.5. The summed E-state index contributed by atoms with van der Waals surface area (Å²) in [5.41, 5.74) is 6.22. The molecule has 6 rings (SSSR count). The highest BCUT2D eigenvalue weighted by Crippen LogP contribution is 2.32. The number of aromatic nitrogens is 3. The molecule has 1 unspecified atom stereocenters. The highest BCUT2D eigenvalue weighted by Gasteiger charge is 2.33. The van der Waals surface area contributed by atoms with E-state index in [1.165, 1.54) is 47.0 Å². The molecular weight excluding hydrogens is 593 g/mol. The predicted molar refractivity (Wildman–Crippen MR) is 161 cm³/mol. The number of carbonyl (C=O) groups is 2. The third kappa shape index (κ3) is 6.32. The Kier molecular flexibility index (Phi) is 7.89. The summed E-state index contributed by atoms with van der Waals surface area (Å²) in [6, 6.07) is 16.5. The first kappa shape index (κ1) is 29.4. The molecule has 13 heteroatoms. The summed E-state index contributed by atoms with van der Waals surface area (Å²) in [6.07, 6.45) is -1.31. The van der Waals surface area contributed by atoms with Crippen LogP contribution in [-0.4, -0.2) is 50.0 Å². The molecule has 1 aliphatic heterocycles. The standard InChI is InChI=1S/C31H27F3N6O3S/c1-3-19-5-4-18(2)12-26(19)40-27(41)16-44-30(40)37-29(42)36-23-14-20-6-7-21(13-22(20)15-23)28-35-17-39(38-28)24-8-10-25(11-9-24)43-31(32,33)34/h4-13,17,23H,3,14-16H2,1-2H3,(H,36,42)/b37-30-. The molecule has 9 nitrogen and oxygen atoms in total. The maximum atomic E-state index is 13.0. The SMILES string of the molecule is CCc1ccc(C)cc1N1C(=O)CS/C1=N\C(=O)NC1Cc2ccc(-c3ncn(-c4ccc(OC(F)(F)F)cc4)n3)cc2C1. The first-order valence-electron chi connectivity index (χ1n) is 13.9. The number of halogens is 3. The maximum Gasteiger partial charge on any atom is 0.573 e. The van der Waals surface area contributed by atoms with Crippen LogP contribution in [0.3, 0.4) is 0 Å². The second kappa shape index (κ2) is 11.8. The Hall–Kier alpha value is -4.65. The van der Waals surface area contributed by atoms with Crippen LogP contribution in [0.5, 0.6) is 5.75 Å². The number of nitrogens with zero attached hydrogens (tertiary/aromatic N) is 5. The van der Waals surface area contributed by atoms with Gasteiger partial charge in [-0.2, -0.15) is 4.99 Å². The number of alkyl halides is 3. The van der Waals surface area contributed by atoms with Gasteiger partial charge in [0.05, 0.1) is 17.1 Å². The van der Waals surface area contributed by atoms with Crippen molar-refractivity contribution < 1.29 is 27.5 Å². The average molecular weight is 621 g/mol. The monoisotopic (exact) mass is 620 g/mol. The molecule has 1 aromatic heterocycles. The predicted octanol–water partition coefficient (Wildman–Crippen LogP) is 6.02. The molecule has 0 radical (unpaired) electrons. The second-order valence-corrected chi connectivity index (χ2v) is 11.4. The van der Waals surface area contributed by atoms with Gasteiger partial charge in [-0.3, -0.25) is 9.69 Å². The summed E-state index contributed by atoms with van der Waals surface area (Å²) >= 11 is 1.25. The number of carbonyl (C=O) groups excluding carboxylic acids is 2. The number of aryl methyl sites for hydroxylation is 2. The lowest BCUT2D eigenvalue weighted by molar-refractivity contribution is -0.274. The van der Waals surface area contributed by atoms with E-state index in [1.807, 2.05) is 50.2 Å². The van der Waals surface area contributed by atoms with Crippen molar-refractivity contribution in [1.29, 1.82) is 0 Å². The Balaban J connectivity index is 1.12. The number of rotatable bonds is 6. The summed E-state index contributed by atoms with van der Waals surface area (Å²) in [6.45, 7) is 3.99. The van der Waals surface area contributed by atoms with Gasteiger partial charge in [0.2, 0.25) is 5.91 Å². The van der Waals surface area contributed by atoms with Gasteiger partial charge in [0.15, 0.2) is 11.0 Å². The van der Waals surface area contributed by atoms with Gasteiger partial charge in [0.25, 0.3) is 0 Å². The number of fused-ring (bicyclic) bond motifs is 1. The molecule has 4 aromatic rings. The Morgan fingerprint density at radius 1 is 1.09 bits per heavy atom.